The smallest absolute Gasteiger partial charge is 0.267 e. The number of carbonyl (C=O) groups excluding carboxylic acids is 1. The number of thiophene rings is 1. The first-order valence-corrected chi connectivity index (χ1v) is 8.86. The van der Waals surface area contributed by atoms with Gasteiger partial charge in [0.05, 0.1) is 4.88 Å². The Morgan fingerprint density at radius 2 is 2.04 bits per heavy atom. The van der Waals surface area contributed by atoms with Crippen LogP contribution in [-0.4, -0.2) is 16.1 Å². The van der Waals surface area contributed by atoms with Crippen LogP contribution in [0.4, 0.5) is 5.13 Å². The topological polar surface area (TPSA) is 64.1 Å². The molecule has 5 nitrogen and oxygen atoms in total. The summed E-state index contributed by atoms with van der Waals surface area (Å²) in [6.07, 6.45) is 0.588. The van der Waals surface area contributed by atoms with E-state index < -0.39 is 0 Å². The van der Waals surface area contributed by atoms with Gasteiger partial charge in [0, 0.05) is 0 Å². The van der Waals surface area contributed by atoms with E-state index in [1.165, 1.54) is 22.7 Å². The zero-order chi connectivity index (χ0) is 16.1. The molecule has 0 aliphatic heterocycles. The van der Waals surface area contributed by atoms with Gasteiger partial charge in [-0.2, -0.15) is 0 Å². The molecule has 23 heavy (non-hydrogen) atoms. The van der Waals surface area contributed by atoms with Crippen LogP contribution in [0.1, 0.15) is 34.1 Å². The fourth-order valence-electron chi connectivity index (χ4n) is 1.95. The van der Waals surface area contributed by atoms with Crippen LogP contribution in [0.3, 0.4) is 0 Å². The van der Waals surface area contributed by atoms with Gasteiger partial charge in [0.2, 0.25) is 5.13 Å². The predicted molar refractivity (Wildman–Crippen MR) is 92.3 cm³/mol. The summed E-state index contributed by atoms with van der Waals surface area (Å²) in [4.78, 5) is 12.7. The first-order valence-electron chi connectivity index (χ1n) is 7.16. The van der Waals surface area contributed by atoms with Gasteiger partial charge in [0.15, 0.2) is 11.1 Å². The van der Waals surface area contributed by atoms with Crippen molar-refractivity contribution >= 4 is 33.7 Å². The van der Waals surface area contributed by atoms with Crippen LogP contribution in [-0.2, 0) is 0 Å². The molecular weight excluding hydrogens is 330 g/mol. The molecule has 0 fully saturated rings. The maximum atomic E-state index is 12.0. The second kappa shape index (κ2) is 7.34. The van der Waals surface area contributed by atoms with Gasteiger partial charge >= 0.3 is 0 Å². The van der Waals surface area contributed by atoms with Crippen molar-refractivity contribution in [2.24, 2.45) is 0 Å². The van der Waals surface area contributed by atoms with Crippen molar-refractivity contribution in [2.45, 2.75) is 19.4 Å². The lowest BCUT2D eigenvalue weighted by Crippen LogP contribution is -2.09. The molecule has 0 saturated heterocycles. The third-order valence-electron chi connectivity index (χ3n) is 3.07. The van der Waals surface area contributed by atoms with E-state index in [9.17, 15) is 4.79 Å². The van der Waals surface area contributed by atoms with Crippen LogP contribution in [0, 0.1) is 0 Å². The standard InChI is InChI=1S/C16H15N3O2S2/c1-2-12(21-11-7-4-3-5-8-11)15-18-19-16(23-15)17-14(20)13-9-6-10-22-13/h3-10,12H,2H2,1H3,(H,17,19,20). The van der Waals surface area contributed by atoms with E-state index >= 15 is 0 Å². The van der Waals surface area contributed by atoms with Gasteiger partial charge in [0.1, 0.15) is 5.75 Å². The maximum absolute atomic E-state index is 12.0. The largest absolute Gasteiger partial charge is 0.483 e. The molecule has 1 atom stereocenters. The van der Waals surface area contributed by atoms with Crippen molar-refractivity contribution in [3.8, 4) is 5.75 Å². The van der Waals surface area contributed by atoms with Crippen molar-refractivity contribution < 1.29 is 9.53 Å². The van der Waals surface area contributed by atoms with Gasteiger partial charge in [-0.3, -0.25) is 10.1 Å². The number of aromatic nitrogens is 2. The van der Waals surface area contributed by atoms with Gasteiger partial charge in [-0.1, -0.05) is 42.5 Å². The van der Waals surface area contributed by atoms with E-state index in [0.29, 0.717) is 10.0 Å². The number of nitrogens with zero attached hydrogens (tertiary/aromatic N) is 2. The van der Waals surface area contributed by atoms with Gasteiger partial charge < -0.3 is 4.74 Å². The number of hydrogen-bond donors (Lipinski definition) is 1. The van der Waals surface area contributed by atoms with E-state index in [4.69, 9.17) is 4.74 Å². The highest BCUT2D eigenvalue weighted by atomic mass is 32.1. The predicted octanol–water partition coefficient (Wildman–Crippen LogP) is 4.38. The normalized spacial score (nSPS) is 11.9. The third-order valence-corrected chi connectivity index (χ3v) is 4.87. The molecule has 0 spiro atoms. The first kappa shape index (κ1) is 15.6. The summed E-state index contributed by atoms with van der Waals surface area (Å²) in [6, 6.07) is 13.2. The Kier molecular flexibility index (Phi) is 4.99. The zero-order valence-electron chi connectivity index (χ0n) is 12.4. The van der Waals surface area contributed by atoms with Crippen molar-refractivity contribution in [2.75, 3.05) is 5.32 Å². The number of nitrogens with one attached hydrogen (secondary N) is 1. The number of hydrogen-bond acceptors (Lipinski definition) is 6. The minimum absolute atomic E-state index is 0.167. The average Bonchev–Trinajstić information content (AvgIpc) is 3.25. The summed E-state index contributed by atoms with van der Waals surface area (Å²) in [5.41, 5.74) is 0. The number of ether oxygens (including phenoxy) is 1. The van der Waals surface area contributed by atoms with E-state index in [2.05, 4.69) is 15.5 Å². The van der Waals surface area contributed by atoms with E-state index in [1.807, 2.05) is 48.7 Å². The quantitative estimate of drug-likeness (QED) is 0.720. The number of para-hydroxylation sites is 1. The molecule has 2 aromatic heterocycles. The molecule has 1 aromatic carbocycles. The molecule has 0 aliphatic rings. The highest BCUT2D eigenvalue weighted by Crippen LogP contribution is 2.29. The number of carbonyl (C=O) groups is 1. The fraction of sp³-hybridized carbons (Fsp3) is 0.188. The molecule has 3 rings (SSSR count). The van der Waals surface area contributed by atoms with Crippen LogP contribution in [0.25, 0.3) is 0 Å². The number of benzene rings is 1. The van der Waals surface area contributed by atoms with Gasteiger partial charge in [-0.05, 0) is 30.0 Å². The van der Waals surface area contributed by atoms with E-state index in [0.717, 1.165) is 17.2 Å². The summed E-state index contributed by atoms with van der Waals surface area (Å²) >= 11 is 2.73. The highest BCUT2D eigenvalue weighted by molar-refractivity contribution is 7.15. The monoisotopic (exact) mass is 345 g/mol. The Morgan fingerprint density at radius 3 is 2.74 bits per heavy atom. The molecule has 0 radical (unpaired) electrons. The summed E-state index contributed by atoms with van der Waals surface area (Å²) in [6.45, 7) is 2.03. The molecule has 118 valence electrons. The van der Waals surface area contributed by atoms with E-state index in [-0.39, 0.29) is 12.0 Å². The molecule has 0 saturated carbocycles. The molecule has 1 unspecified atom stereocenters. The summed E-state index contributed by atoms with van der Waals surface area (Å²) in [7, 11) is 0. The molecule has 0 bridgehead atoms. The molecule has 7 heteroatoms. The van der Waals surface area contributed by atoms with Crippen molar-refractivity contribution in [3.05, 3.63) is 57.7 Å². The first-order chi connectivity index (χ1) is 11.3. The van der Waals surface area contributed by atoms with Crippen molar-refractivity contribution in [3.63, 3.8) is 0 Å². The minimum atomic E-state index is -0.178. The lowest BCUT2D eigenvalue weighted by atomic mass is 10.3. The van der Waals surface area contributed by atoms with Gasteiger partial charge in [0.25, 0.3) is 5.91 Å². The second-order valence-electron chi connectivity index (χ2n) is 4.70. The summed E-state index contributed by atoms with van der Waals surface area (Å²) in [5.74, 6) is 0.624. The van der Waals surface area contributed by atoms with Crippen molar-refractivity contribution in [1.82, 2.24) is 10.2 Å². The molecule has 2 heterocycles. The molecule has 0 aliphatic carbocycles. The second-order valence-corrected chi connectivity index (χ2v) is 6.66. The average molecular weight is 345 g/mol. The van der Waals surface area contributed by atoms with Crippen LogP contribution in [0.5, 0.6) is 5.75 Å². The van der Waals surface area contributed by atoms with Crippen LogP contribution < -0.4 is 10.1 Å². The third kappa shape index (κ3) is 3.94. The Hall–Kier alpha value is -2.25. The summed E-state index contributed by atoms with van der Waals surface area (Å²) in [5, 5.41) is 14.0. The zero-order valence-corrected chi connectivity index (χ0v) is 14.1. The van der Waals surface area contributed by atoms with Gasteiger partial charge in [-0.25, -0.2) is 0 Å². The lowest BCUT2D eigenvalue weighted by Gasteiger charge is -2.14. The van der Waals surface area contributed by atoms with Crippen LogP contribution >= 0.6 is 22.7 Å². The Balaban J connectivity index is 1.68. The van der Waals surface area contributed by atoms with E-state index in [1.54, 1.807) is 6.07 Å². The van der Waals surface area contributed by atoms with Crippen LogP contribution in [0.15, 0.2) is 47.8 Å². The molecule has 3 aromatic rings. The molecular formula is C16H15N3O2S2. The maximum Gasteiger partial charge on any atom is 0.267 e. The molecule has 1 N–H and O–H groups in total. The SMILES string of the molecule is CCC(Oc1ccccc1)c1nnc(NC(=O)c2cccs2)s1. The van der Waals surface area contributed by atoms with Gasteiger partial charge in [-0.15, -0.1) is 21.5 Å². The van der Waals surface area contributed by atoms with Crippen molar-refractivity contribution in [1.29, 1.82) is 0 Å². The Morgan fingerprint density at radius 1 is 1.22 bits per heavy atom. The number of rotatable bonds is 6. The Labute approximate surface area is 142 Å². The lowest BCUT2D eigenvalue weighted by molar-refractivity contribution is 0.103. The Bertz CT molecular complexity index is 757. The number of anilines is 1. The summed E-state index contributed by atoms with van der Waals surface area (Å²) < 4.78 is 5.94. The minimum Gasteiger partial charge on any atom is -0.483 e. The fourth-order valence-corrected chi connectivity index (χ4v) is 3.42. The highest BCUT2D eigenvalue weighted by Gasteiger charge is 2.18. The molecule has 1 amide bonds. The van der Waals surface area contributed by atoms with Crippen LogP contribution in [0.2, 0.25) is 0 Å². The number of amides is 1.